The van der Waals surface area contributed by atoms with Gasteiger partial charge in [0, 0.05) is 15.0 Å². The second-order valence-electron chi connectivity index (χ2n) is 6.05. The Hall–Kier alpha value is -2.15. The Morgan fingerprint density at radius 2 is 1.54 bits per heavy atom. The number of methoxy groups -OCH3 is 1. The van der Waals surface area contributed by atoms with Crippen molar-refractivity contribution in [1.82, 2.24) is 5.32 Å². The highest BCUT2D eigenvalue weighted by atomic mass is 35.5. The van der Waals surface area contributed by atoms with E-state index in [9.17, 15) is 14.9 Å². The summed E-state index contributed by atoms with van der Waals surface area (Å²) in [6, 6.07) is 10.9. The molecule has 0 aliphatic carbocycles. The van der Waals surface area contributed by atoms with Crippen LogP contribution in [0.2, 0.25) is 10.0 Å². The average Bonchev–Trinajstić information content (AvgIpc) is 3.03. The smallest absolute Gasteiger partial charge is 0.323 e. The lowest BCUT2D eigenvalue weighted by Crippen LogP contribution is -2.37. The van der Waals surface area contributed by atoms with Gasteiger partial charge in [0.15, 0.2) is 0 Å². The Morgan fingerprint density at radius 3 is 2.00 bits per heavy atom. The molecule has 1 saturated heterocycles. The average molecular weight is 395 g/mol. The molecule has 0 unspecified atom stereocenters. The molecule has 0 aromatic heterocycles. The summed E-state index contributed by atoms with van der Waals surface area (Å²) >= 11 is 11.8. The quantitative estimate of drug-likeness (QED) is 0.486. The third kappa shape index (κ3) is 3.53. The van der Waals surface area contributed by atoms with Gasteiger partial charge in [0.1, 0.15) is 12.1 Å². The van der Waals surface area contributed by atoms with E-state index >= 15 is 0 Å². The lowest BCUT2D eigenvalue weighted by Gasteiger charge is -2.19. The van der Waals surface area contributed by atoms with Crippen molar-refractivity contribution in [1.29, 1.82) is 0 Å². The lowest BCUT2D eigenvalue weighted by molar-refractivity contribution is -0.527. The fourth-order valence-corrected chi connectivity index (χ4v) is 3.68. The summed E-state index contributed by atoms with van der Waals surface area (Å²) in [5, 5.41) is 16.0. The molecule has 0 spiro atoms. The number of hydrogen-bond acceptors (Lipinski definition) is 5. The van der Waals surface area contributed by atoms with E-state index in [1.807, 2.05) is 0 Å². The second-order valence-corrected chi connectivity index (χ2v) is 6.92. The number of halogens is 2. The highest BCUT2D eigenvalue weighted by Gasteiger charge is 2.54. The molecule has 2 aromatic rings. The Bertz CT molecular complexity index is 811. The van der Waals surface area contributed by atoms with Gasteiger partial charge in [-0.15, -0.1) is 0 Å². The van der Waals surface area contributed by atoms with Crippen LogP contribution < -0.4 is 5.32 Å². The maximum atomic E-state index is 12.3. The lowest BCUT2D eigenvalue weighted by atomic mass is 9.85. The van der Waals surface area contributed by atoms with Crippen molar-refractivity contribution in [2.75, 3.05) is 7.11 Å². The molecule has 1 heterocycles. The Morgan fingerprint density at radius 1 is 1.04 bits per heavy atom. The molecule has 4 atom stereocenters. The van der Waals surface area contributed by atoms with Crippen LogP contribution in [0.25, 0.3) is 0 Å². The van der Waals surface area contributed by atoms with E-state index in [4.69, 9.17) is 27.9 Å². The molecule has 3 rings (SSSR count). The molecule has 0 amide bonds. The van der Waals surface area contributed by atoms with Crippen molar-refractivity contribution >= 4 is 29.2 Å². The summed E-state index contributed by atoms with van der Waals surface area (Å²) < 4.78 is 4.87. The third-order valence-electron chi connectivity index (χ3n) is 4.61. The summed E-state index contributed by atoms with van der Waals surface area (Å²) in [5.74, 6) is -1.25. The number of esters is 1. The zero-order valence-corrected chi connectivity index (χ0v) is 15.3. The standard InChI is InChI=1S/C18H16Cl2N2O4/c1-26-18(23)16-14(10-2-6-12(19)7-3-10)17(22(24)25)15(21-16)11-4-8-13(20)9-5-11/h2-9,14-17,21H,1H3/t14-,15+,16+,17+/m1/s1. The number of ether oxygens (including phenoxy) is 1. The first-order valence-electron chi connectivity index (χ1n) is 7.90. The van der Waals surface area contributed by atoms with Crippen LogP contribution in [0.3, 0.4) is 0 Å². The van der Waals surface area contributed by atoms with Crippen molar-refractivity contribution in [3.8, 4) is 0 Å². The normalized spacial score (nSPS) is 25.0. The van der Waals surface area contributed by atoms with Crippen molar-refractivity contribution < 1.29 is 14.5 Å². The molecule has 1 aliphatic rings. The number of carbonyl (C=O) groups excluding carboxylic acids is 1. The minimum absolute atomic E-state index is 0.353. The second kappa shape index (κ2) is 7.61. The van der Waals surface area contributed by atoms with Crippen LogP contribution in [0.4, 0.5) is 0 Å². The van der Waals surface area contributed by atoms with Crippen molar-refractivity contribution in [3.05, 3.63) is 79.8 Å². The number of nitro groups is 1. The van der Waals surface area contributed by atoms with Crippen LogP contribution in [0.5, 0.6) is 0 Å². The summed E-state index contributed by atoms with van der Waals surface area (Å²) in [4.78, 5) is 23.9. The summed E-state index contributed by atoms with van der Waals surface area (Å²) in [5.41, 5.74) is 1.33. The third-order valence-corrected chi connectivity index (χ3v) is 5.11. The van der Waals surface area contributed by atoms with Gasteiger partial charge < -0.3 is 4.74 Å². The number of nitrogens with zero attached hydrogens (tertiary/aromatic N) is 1. The van der Waals surface area contributed by atoms with E-state index in [1.165, 1.54) is 7.11 Å². The summed E-state index contributed by atoms with van der Waals surface area (Å²) in [6.07, 6.45) is 0. The van der Waals surface area contributed by atoms with Gasteiger partial charge in [0.2, 0.25) is 6.04 Å². The summed E-state index contributed by atoms with van der Waals surface area (Å²) in [6.45, 7) is 0. The van der Waals surface area contributed by atoms with Crippen molar-refractivity contribution in [2.45, 2.75) is 24.0 Å². The molecule has 1 aliphatic heterocycles. The SMILES string of the molecule is COC(=O)[C@H]1N[C@@H](c2ccc(Cl)cc2)[C@@H]([N+](=O)[O-])[C@@H]1c1ccc(Cl)cc1. The van der Waals surface area contributed by atoms with Gasteiger partial charge in [-0.05, 0) is 35.4 Å². The number of carbonyl (C=O) groups is 1. The van der Waals surface area contributed by atoms with E-state index in [0.29, 0.717) is 21.2 Å². The van der Waals surface area contributed by atoms with Crippen LogP contribution in [-0.4, -0.2) is 30.1 Å². The van der Waals surface area contributed by atoms with Crippen LogP contribution in [0.1, 0.15) is 23.1 Å². The van der Waals surface area contributed by atoms with E-state index in [0.717, 1.165) is 0 Å². The molecule has 1 fully saturated rings. The first kappa shape index (κ1) is 18.6. The molecule has 0 radical (unpaired) electrons. The molecule has 1 N–H and O–H groups in total. The molecule has 2 aromatic carbocycles. The number of hydrogen-bond donors (Lipinski definition) is 1. The maximum absolute atomic E-state index is 12.3. The number of benzene rings is 2. The monoisotopic (exact) mass is 394 g/mol. The van der Waals surface area contributed by atoms with Crippen LogP contribution in [0, 0.1) is 10.1 Å². The molecule has 136 valence electrons. The highest BCUT2D eigenvalue weighted by Crippen LogP contribution is 2.41. The van der Waals surface area contributed by atoms with Crippen LogP contribution in [-0.2, 0) is 9.53 Å². The van der Waals surface area contributed by atoms with Gasteiger partial charge in [0.05, 0.1) is 13.0 Å². The molecule has 0 bridgehead atoms. The van der Waals surface area contributed by atoms with E-state index in [2.05, 4.69) is 5.32 Å². The van der Waals surface area contributed by atoms with E-state index < -0.39 is 30.0 Å². The predicted octanol–water partition coefficient (Wildman–Crippen LogP) is 3.61. The molecule has 8 heteroatoms. The van der Waals surface area contributed by atoms with Gasteiger partial charge >= 0.3 is 5.97 Å². The highest BCUT2D eigenvalue weighted by molar-refractivity contribution is 6.30. The molecule has 26 heavy (non-hydrogen) atoms. The van der Waals surface area contributed by atoms with Gasteiger partial charge in [-0.25, -0.2) is 0 Å². The van der Waals surface area contributed by atoms with E-state index in [1.54, 1.807) is 48.5 Å². The maximum Gasteiger partial charge on any atom is 0.323 e. The number of rotatable bonds is 4. The Kier molecular flexibility index (Phi) is 5.46. The Labute approximate surface area is 160 Å². The van der Waals surface area contributed by atoms with Crippen molar-refractivity contribution in [2.24, 2.45) is 0 Å². The van der Waals surface area contributed by atoms with Gasteiger partial charge in [-0.2, -0.15) is 0 Å². The summed E-state index contributed by atoms with van der Waals surface area (Å²) in [7, 11) is 1.26. The predicted molar refractivity (Wildman–Crippen MR) is 98.1 cm³/mol. The molecule has 6 nitrogen and oxygen atoms in total. The number of nitrogens with one attached hydrogen (secondary N) is 1. The van der Waals surface area contributed by atoms with Crippen molar-refractivity contribution in [3.63, 3.8) is 0 Å². The van der Waals surface area contributed by atoms with Crippen LogP contribution in [0.15, 0.2) is 48.5 Å². The minimum atomic E-state index is -1.05. The topological polar surface area (TPSA) is 81.5 Å². The van der Waals surface area contributed by atoms with E-state index in [-0.39, 0.29) is 4.92 Å². The minimum Gasteiger partial charge on any atom is -0.468 e. The molecule has 0 saturated carbocycles. The zero-order valence-electron chi connectivity index (χ0n) is 13.8. The zero-order chi connectivity index (χ0) is 18.8. The largest absolute Gasteiger partial charge is 0.468 e. The first-order chi connectivity index (χ1) is 12.4. The van der Waals surface area contributed by atoms with Gasteiger partial charge in [-0.3, -0.25) is 20.2 Å². The van der Waals surface area contributed by atoms with Crippen LogP contribution >= 0.6 is 23.2 Å². The van der Waals surface area contributed by atoms with Gasteiger partial charge in [0.25, 0.3) is 0 Å². The molecular weight excluding hydrogens is 379 g/mol. The van der Waals surface area contributed by atoms with Gasteiger partial charge in [-0.1, -0.05) is 47.5 Å². The Balaban J connectivity index is 2.07. The fourth-order valence-electron chi connectivity index (χ4n) is 3.43. The molecular formula is C18H16Cl2N2O4. The first-order valence-corrected chi connectivity index (χ1v) is 8.66. The fraction of sp³-hybridized carbons (Fsp3) is 0.278.